The Morgan fingerprint density at radius 3 is 2.46 bits per heavy atom. The Bertz CT molecular complexity index is 769. The van der Waals surface area contributed by atoms with Crippen molar-refractivity contribution < 1.29 is 14.6 Å². The van der Waals surface area contributed by atoms with Crippen LogP contribution in [0, 0.1) is 0 Å². The van der Waals surface area contributed by atoms with E-state index in [1.807, 2.05) is 24.3 Å². The Kier molecular flexibility index (Phi) is 7.66. The number of rotatable bonds is 7. The lowest BCUT2D eigenvalue weighted by Gasteiger charge is -2.10. The van der Waals surface area contributed by atoms with E-state index in [1.54, 1.807) is 12.1 Å². The molecule has 138 valence electrons. The van der Waals surface area contributed by atoms with Gasteiger partial charge in [-0.25, -0.2) is 5.43 Å². The molecule has 7 heteroatoms. The summed E-state index contributed by atoms with van der Waals surface area (Å²) in [5.74, 6) is 0.896. The molecular weight excluding hydrogens is 464 g/mol. The maximum atomic E-state index is 11.8. The Labute approximate surface area is 169 Å². The Morgan fingerprint density at radius 1 is 1.27 bits per heavy atom. The highest BCUT2D eigenvalue weighted by molar-refractivity contribution is 9.11. The van der Waals surface area contributed by atoms with E-state index in [2.05, 4.69) is 56.2 Å². The fraction of sp³-hybridized carbons (Fsp3) is 0.263. The van der Waals surface area contributed by atoms with Crippen LogP contribution in [-0.4, -0.2) is 23.8 Å². The predicted octanol–water partition coefficient (Wildman–Crippen LogP) is 4.96. The maximum absolute atomic E-state index is 11.8. The monoisotopic (exact) mass is 482 g/mol. The van der Waals surface area contributed by atoms with Crippen LogP contribution >= 0.6 is 31.9 Å². The molecule has 2 aromatic carbocycles. The molecule has 0 aliphatic rings. The smallest absolute Gasteiger partial charge is 0.277 e. The maximum Gasteiger partial charge on any atom is 0.277 e. The van der Waals surface area contributed by atoms with Crippen LogP contribution in [0.25, 0.3) is 0 Å². The molecule has 0 bridgehead atoms. The van der Waals surface area contributed by atoms with Crippen molar-refractivity contribution in [2.75, 3.05) is 6.61 Å². The number of phenolic OH excluding ortho intramolecular Hbond substituents is 1. The quantitative estimate of drug-likeness (QED) is 0.431. The number of nitrogens with one attached hydrogen (secondary N) is 1. The van der Waals surface area contributed by atoms with Crippen molar-refractivity contribution in [1.29, 1.82) is 0 Å². The van der Waals surface area contributed by atoms with Crippen LogP contribution in [0.2, 0.25) is 0 Å². The molecule has 2 rings (SSSR count). The average Bonchev–Trinajstić information content (AvgIpc) is 2.64. The minimum Gasteiger partial charge on any atom is -0.506 e. The highest BCUT2D eigenvalue weighted by atomic mass is 79.9. The summed E-state index contributed by atoms with van der Waals surface area (Å²) in [5.41, 5.74) is 4.37. The number of hydrazone groups is 1. The second-order valence-corrected chi connectivity index (χ2v) is 7.50. The minimum absolute atomic E-state index is 0.110. The van der Waals surface area contributed by atoms with E-state index in [9.17, 15) is 9.90 Å². The second kappa shape index (κ2) is 9.73. The number of hydrogen-bond acceptors (Lipinski definition) is 4. The third-order valence-corrected chi connectivity index (χ3v) is 5.08. The minimum atomic E-state index is -0.357. The molecule has 0 heterocycles. The molecule has 0 aromatic heterocycles. The number of phenols is 1. The lowest BCUT2D eigenvalue weighted by Crippen LogP contribution is -2.24. The zero-order chi connectivity index (χ0) is 19.1. The van der Waals surface area contributed by atoms with Crippen molar-refractivity contribution in [1.82, 2.24) is 5.43 Å². The van der Waals surface area contributed by atoms with Gasteiger partial charge in [0.15, 0.2) is 6.61 Å². The fourth-order valence-electron chi connectivity index (χ4n) is 2.15. The summed E-state index contributed by atoms with van der Waals surface area (Å²) in [6.07, 6.45) is 2.56. The molecule has 2 N–H and O–H groups in total. The number of benzene rings is 2. The molecule has 1 amide bonds. The predicted molar refractivity (Wildman–Crippen MR) is 110 cm³/mol. The number of carbonyl (C=O) groups is 1. The van der Waals surface area contributed by atoms with Gasteiger partial charge in [-0.15, -0.1) is 0 Å². The van der Waals surface area contributed by atoms with Crippen LogP contribution in [0.4, 0.5) is 0 Å². The highest BCUT2D eigenvalue weighted by Crippen LogP contribution is 2.32. The van der Waals surface area contributed by atoms with Crippen LogP contribution in [0.3, 0.4) is 0 Å². The number of aromatic hydroxyl groups is 1. The van der Waals surface area contributed by atoms with Crippen molar-refractivity contribution in [2.24, 2.45) is 5.10 Å². The summed E-state index contributed by atoms with van der Waals surface area (Å²) in [4.78, 5) is 11.8. The van der Waals surface area contributed by atoms with Crippen molar-refractivity contribution in [2.45, 2.75) is 26.2 Å². The van der Waals surface area contributed by atoms with Gasteiger partial charge in [-0.1, -0.05) is 26.0 Å². The van der Waals surface area contributed by atoms with Gasteiger partial charge in [0.25, 0.3) is 5.91 Å². The third kappa shape index (κ3) is 5.85. The first-order valence-corrected chi connectivity index (χ1v) is 9.72. The van der Waals surface area contributed by atoms with E-state index in [0.717, 1.165) is 6.42 Å². The van der Waals surface area contributed by atoms with Crippen molar-refractivity contribution >= 4 is 44.0 Å². The summed E-state index contributed by atoms with van der Waals surface area (Å²) >= 11 is 6.48. The number of carbonyl (C=O) groups excluding carboxylic acids is 1. The van der Waals surface area contributed by atoms with Crippen molar-refractivity contribution in [3.63, 3.8) is 0 Å². The molecule has 0 fully saturated rings. The van der Waals surface area contributed by atoms with Gasteiger partial charge in [-0.05, 0) is 79.6 Å². The summed E-state index contributed by atoms with van der Waals surface area (Å²) in [6.45, 7) is 4.20. The molecule has 0 unspecified atom stereocenters. The van der Waals surface area contributed by atoms with Crippen LogP contribution < -0.4 is 10.2 Å². The number of ether oxygens (including phenoxy) is 1. The molecular formula is C19H20Br2N2O3. The van der Waals surface area contributed by atoms with E-state index in [4.69, 9.17) is 4.74 Å². The zero-order valence-corrected chi connectivity index (χ0v) is 17.7. The average molecular weight is 484 g/mol. The molecule has 0 aliphatic heterocycles. The van der Waals surface area contributed by atoms with Crippen LogP contribution in [0.5, 0.6) is 11.5 Å². The van der Waals surface area contributed by atoms with E-state index in [1.165, 1.54) is 11.8 Å². The number of nitrogens with zero attached hydrogens (tertiary/aromatic N) is 1. The standard InChI is InChI=1S/C19H20Br2N2O3/c1-3-12(2)14-4-6-15(7-5-14)26-11-18(24)23-22-10-13-8-16(20)19(25)17(21)9-13/h4-10,12,25H,3,11H2,1-2H3,(H,23,24)/b22-10+/t12-/m1/s1. The van der Waals surface area contributed by atoms with E-state index >= 15 is 0 Å². The lowest BCUT2D eigenvalue weighted by molar-refractivity contribution is -0.123. The summed E-state index contributed by atoms with van der Waals surface area (Å²) < 4.78 is 6.52. The summed E-state index contributed by atoms with van der Waals surface area (Å²) in [6, 6.07) is 11.1. The van der Waals surface area contributed by atoms with E-state index in [-0.39, 0.29) is 18.3 Å². The van der Waals surface area contributed by atoms with Gasteiger partial charge in [0.2, 0.25) is 0 Å². The topological polar surface area (TPSA) is 70.9 Å². The molecule has 5 nitrogen and oxygen atoms in total. The second-order valence-electron chi connectivity index (χ2n) is 5.79. The molecule has 0 saturated heterocycles. The third-order valence-electron chi connectivity index (χ3n) is 3.87. The van der Waals surface area contributed by atoms with E-state index < -0.39 is 0 Å². The number of halogens is 2. The van der Waals surface area contributed by atoms with Gasteiger partial charge in [0.1, 0.15) is 11.5 Å². The van der Waals surface area contributed by atoms with Crippen molar-refractivity contribution in [3.05, 3.63) is 56.5 Å². The molecule has 0 spiro atoms. The largest absolute Gasteiger partial charge is 0.506 e. The summed E-state index contributed by atoms with van der Waals surface area (Å²) in [5, 5.41) is 13.5. The fourth-order valence-corrected chi connectivity index (χ4v) is 3.37. The highest BCUT2D eigenvalue weighted by Gasteiger charge is 2.06. The Hall–Kier alpha value is -1.86. The molecule has 0 radical (unpaired) electrons. The molecule has 0 aliphatic carbocycles. The first-order valence-electron chi connectivity index (χ1n) is 8.13. The molecule has 1 atom stereocenters. The SMILES string of the molecule is CC[C@@H](C)c1ccc(OCC(=O)N/N=C/c2cc(Br)c(O)c(Br)c2)cc1. The normalized spacial score (nSPS) is 12.2. The van der Waals surface area contributed by atoms with Gasteiger partial charge in [0.05, 0.1) is 15.2 Å². The van der Waals surface area contributed by atoms with Crippen LogP contribution in [0.1, 0.15) is 37.3 Å². The van der Waals surface area contributed by atoms with Gasteiger partial charge >= 0.3 is 0 Å². The molecule has 26 heavy (non-hydrogen) atoms. The van der Waals surface area contributed by atoms with Gasteiger partial charge in [0, 0.05) is 0 Å². The first-order chi connectivity index (χ1) is 12.4. The molecule has 2 aromatic rings. The van der Waals surface area contributed by atoms with E-state index in [0.29, 0.717) is 26.2 Å². The summed E-state index contributed by atoms with van der Waals surface area (Å²) in [7, 11) is 0. The zero-order valence-electron chi connectivity index (χ0n) is 14.5. The lowest BCUT2D eigenvalue weighted by atomic mass is 9.99. The Morgan fingerprint density at radius 2 is 1.88 bits per heavy atom. The van der Waals surface area contributed by atoms with Gasteiger partial charge in [-0.2, -0.15) is 5.10 Å². The Balaban J connectivity index is 1.83. The van der Waals surface area contributed by atoms with Crippen LogP contribution in [0.15, 0.2) is 50.4 Å². The first kappa shape index (κ1) is 20.5. The van der Waals surface area contributed by atoms with Crippen LogP contribution in [-0.2, 0) is 4.79 Å². The number of hydrogen-bond donors (Lipinski definition) is 2. The molecule has 0 saturated carbocycles. The van der Waals surface area contributed by atoms with Crippen molar-refractivity contribution in [3.8, 4) is 11.5 Å². The van der Waals surface area contributed by atoms with Gasteiger partial charge < -0.3 is 9.84 Å². The number of amides is 1. The van der Waals surface area contributed by atoms with Gasteiger partial charge in [-0.3, -0.25) is 4.79 Å².